The van der Waals surface area contributed by atoms with Crippen LogP contribution in [0.4, 0.5) is 0 Å². The summed E-state index contributed by atoms with van der Waals surface area (Å²) < 4.78 is 5.76. The van der Waals surface area contributed by atoms with Gasteiger partial charge in [0.05, 0.1) is 17.8 Å². The first-order valence-electron chi connectivity index (χ1n) is 5.96. The molecule has 16 heavy (non-hydrogen) atoms. The highest BCUT2D eigenvalue weighted by Gasteiger charge is 2.44. The maximum Gasteiger partial charge on any atom is 0.0960 e. The number of rotatable bonds is 1. The van der Waals surface area contributed by atoms with Crippen molar-refractivity contribution in [3.8, 4) is 0 Å². The zero-order valence-electron chi connectivity index (χ0n) is 9.52. The van der Waals surface area contributed by atoms with Crippen LogP contribution in [0, 0.1) is 6.92 Å². The summed E-state index contributed by atoms with van der Waals surface area (Å²) in [6.07, 6.45) is 7.70. The van der Waals surface area contributed by atoms with Crippen molar-refractivity contribution in [2.24, 2.45) is 0 Å². The van der Waals surface area contributed by atoms with Crippen molar-refractivity contribution in [2.45, 2.75) is 50.4 Å². The molecule has 0 aromatic carbocycles. The van der Waals surface area contributed by atoms with Crippen LogP contribution in [0.1, 0.15) is 36.8 Å². The Morgan fingerprint density at radius 3 is 2.62 bits per heavy atom. The molecule has 86 valence electrons. The second-order valence-corrected chi connectivity index (χ2v) is 5.15. The lowest BCUT2D eigenvalue weighted by Crippen LogP contribution is -2.38. The lowest BCUT2D eigenvalue weighted by atomic mass is 9.84. The molecule has 3 heteroatoms. The van der Waals surface area contributed by atoms with Crippen molar-refractivity contribution < 1.29 is 9.84 Å². The van der Waals surface area contributed by atoms with E-state index < -0.39 is 5.60 Å². The van der Waals surface area contributed by atoms with Crippen molar-refractivity contribution in [2.75, 3.05) is 0 Å². The van der Waals surface area contributed by atoms with Gasteiger partial charge in [-0.1, -0.05) is 6.07 Å². The van der Waals surface area contributed by atoms with E-state index in [1.54, 1.807) is 6.20 Å². The summed E-state index contributed by atoms with van der Waals surface area (Å²) in [6, 6.07) is 2.04. The SMILES string of the molecule is Cc1cncc(C2(O)CC3CCC(C2)O3)c1. The fourth-order valence-corrected chi connectivity index (χ4v) is 2.96. The lowest BCUT2D eigenvalue weighted by molar-refractivity contribution is -0.115. The Bertz CT molecular complexity index is 393. The van der Waals surface area contributed by atoms with Crippen LogP contribution < -0.4 is 0 Å². The first-order valence-corrected chi connectivity index (χ1v) is 5.96. The number of nitrogens with zero attached hydrogens (tertiary/aromatic N) is 1. The van der Waals surface area contributed by atoms with Gasteiger partial charge in [-0.3, -0.25) is 4.98 Å². The van der Waals surface area contributed by atoms with E-state index in [9.17, 15) is 5.11 Å². The van der Waals surface area contributed by atoms with E-state index >= 15 is 0 Å². The van der Waals surface area contributed by atoms with Gasteiger partial charge < -0.3 is 9.84 Å². The molecule has 0 radical (unpaired) electrons. The monoisotopic (exact) mass is 219 g/mol. The highest BCUT2D eigenvalue weighted by molar-refractivity contribution is 5.24. The Balaban J connectivity index is 1.93. The molecule has 0 amide bonds. The van der Waals surface area contributed by atoms with Gasteiger partial charge in [-0.2, -0.15) is 0 Å². The summed E-state index contributed by atoms with van der Waals surface area (Å²) in [5.74, 6) is 0. The second-order valence-electron chi connectivity index (χ2n) is 5.15. The Labute approximate surface area is 95.5 Å². The minimum Gasteiger partial charge on any atom is -0.385 e. The molecule has 2 aliphatic heterocycles. The quantitative estimate of drug-likeness (QED) is 0.784. The van der Waals surface area contributed by atoms with Crippen LogP contribution >= 0.6 is 0 Å². The van der Waals surface area contributed by atoms with Crippen LogP contribution in [0.25, 0.3) is 0 Å². The number of aromatic nitrogens is 1. The summed E-state index contributed by atoms with van der Waals surface area (Å²) in [7, 11) is 0. The van der Waals surface area contributed by atoms with E-state index in [1.165, 1.54) is 0 Å². The molecule has 3 heterocycles. The average molecular weight is 219 g/mol. The summed E-state index contributed by atoms with van der Waals surface area (Å²) in [5, 5.41) is 10.7. The van der Waals surface area contributed by atoms with Gasteiger partial charge in [0.25, 0.3) is 0 Å². The van der Waals surface area contributed by atoms with Crippen molar-refractivity contribution in [1.29, 1.82) is 0 Å². The Morgan fingerprint density at radius 2 is 2.00 bits per heavy atom. The van der Waals surface area contributed by atoms with E-state index in [0.29, 0.717) is 12.8 Å². The number of hydrogen-bond acceptors (Lipinski definition) is 3. The summed E-state index contributed by atoms with van der Waals surface area (Å²) >= 11 is 0. The van der Waals surface area contributed by atoms with Gasteiger partial charge in [-0.25, -0.2) is 0 Å². The van der Waals surface area contributed by atoms with Crippen LogP contribution in [0.5, 0.6) is 0 Å². The van der Waals surface area contributed by atoms with Crippen molar-refractivity contribution >= 4 is 0 Å². The lowest BCUT2D eigenvalue weighted by Gasteiger charge is -2.36. The zero-order valence-corrected chi connectivity index (χ0v) is 9.52. The van der Waals surface area contributed by atoms with Gasteiger partial charge in [0.2, 0.25) is 0 Å². The first-order chi connectivity index (χ1) is 7.66. The highest BCUT2D eigenvalue weighted by atomic mass is 16.5. The molecule has 3 rings (SSSR count). The number of pyridine rings is 1. The average Bonchev–Trinajstić information content (AvgIpc) is 2.59. The molecule has 1 aromatic heterocycles. The van der Waals surface area contributed by atoms with Crippen LogP contribution in [0.3, 0.4) is 0 Å². The van der Waals surface area contributed by atoms with E-state index in [2.05, 4.69) is 4.98 Å². The third-order valence-electron chi connectivity index (χ3n) is 3.74. The maximum atomic E-state index is 10.7. The van der Waals surface area contributed by atoms with E-state index in [0.717, 1.165) is 24.0 Å². The molecular weight excluding hydrogens is 202 g/mol. The van der Waals surface area contributed by atoms with E-state index in [1.807, 2.05) is 19.2 Å². The number of aryl methyl sites for hydroxylation is 1. The van der Waals surface area contributed by atoms with Gasteiger partial charge in [-0.15, -0.1) is 0 Å². The summed E-state index contributed by atoms with van der Waals surface area (Å²) in [4.78, 5) is 4.17. The third kappa shape index (κ3) is 1.64. The first kappa shape index (κ1) is 10.2. The normalized spacial score (nSPS) is 37.6. The van der Waals surface area contributed by atoms with Crippen LogP contribution in [0.15, 0.2) is 18.5 Å². The van der Waals surface area contributed by atoms with E-state index in [4.69, 9.17) is 4.74 Å². The number of ether oxygens (including phenoxy) is 1. The fraction of sp³-hybridized carbons (Fsp3) is 0.615. The second kappa shape index (κ2) is 3.54. The van der Waals surface area contributed by atoms with Crippen molar-refractivity contribution in [1.82, 2.24) is 4.98 Å². The number of fused-ring (bicyclic) bond motifs is 2. The third-order valence-corrected chi connectivity index (χ3v) is 3.74. The van der Waals surface area contributed by atoms with Crippen LogP contribution in [0.2, 0.25) is 0 Å². The standard InChI is InChI=1S/C13H17NO2/c1-9-4-10(8-14-7-9)13(15)5-11-2-3-12(6-13)16-11/h4,7-8,11-12,15H,2-3,5-6H2,1H3. The molecule has 0 aliphatic carbocycles. The molecule has 2 atom stereocenters. The van der Waals surface area contributed by atoms with Crippen molar-refractivity contribution in [3.63, 3.8) is 0 Å². The Morgan fingerprint density at radius 1 is 1.31 bits per heavy atom. The molecule has 2 unspecified atom stereocenters. The molecule has 2 fully saturated rings. The number of hydrogen-bond donors (Lipinski definition) is 1. The van der Waals surface area contributed by atoms with Gasteiger partial charge in [0, 0.05) is 30.8 Å². The van der Waals surface area contributed by atoms with Crippen molar-refractivity contribution in [3.05, 3.63) is 29.6 Å². The predicted molar refractivity (Wildman–Crippen MR) is 60.0 cm³/mol. The molecule has 2 bridgehead atoms. The smallest absolute Gasteiger partial charge is 0.0960 e. The minimum absolute atomic E-state index is 0.240. The molecule has 2 aliphatic rings. The maximum absolute atomic E-state index is 10.7. The summed E-state index contributed by atoms with van der Waals surface area (Å²) in [6.45, 7) is 2.01. The largest absolute Gasteiger partial charge is 0.385 e. The topological polar surface area (TPSA) is 42.4 Å². The Hall–Kier alpha value is -0.930. The Kier molecular flexibility index (Phi) is 2.26. The molecule has 2 saturated heterocycles. The summed E-state index contributed by atoms with van der Waals surface area (Å²) in [5.41, 5.74) is 1.33. The molecule has 3 nitrogen and oxygen atoms in total. The molecular formula is C13H17NO2. The highest BCUT2D eigenvalue weighted by Crippen LogP contribution is 2.43. The fourth-order valence-electron chi connectivity index (χ4n) is 2.96. The predicted octanol–water partition coefficient (Wildman–Crippen LogP) is 1.92. The van der Waals surface area contributed by atoms with Gasteiger partial charge in [-0.05, 0) is 25.3 Å². The zero-order chi connectivity index (χ0) is 11.2. The van der Waals surface area contributed by atoms with Crippen LogP contribution in [-0.2, 0) is 10.3 Å². The van der Waals surface area contributed by atoms with Gasteiger partial charge in [0.1, 0.15) is 0 Å². The minimum atomic E-state index is -0.719. The van der Waals surface area contributed by atoms with Gasteiger partial charge >= 0.3 is 0 Å². The van der Waals surface area contributed by atoms with E-state index in [-0.39, 0.29) is 12.2 Å². The molecule has 0 spiro atoms. The molecule has 1 aromatic rings. The van der Waals surface area contributed by atoms with Crippen LogP contribution in [-0.4, -0.2) is 22.3 Å². The molecule has 0 saturated carbocycles. The number of aliphatic hydroxyl groups is 1. The molecule has 1 N–H and O–H groups in total. The van der Waals surface area contributed by atoms with Gasteiger partial charge in [0.15, 0.2) is 0 Å².